The summed E-state index contributed by atoms with van der Waals surface area (Å²) in [5.74, 6) is 0. The molecule has 0 aromatic carbocycles. The fraction of sp³-hybridized carbons (Fsp3) is 0.733. The normalized spacial score (nSPS) is 16.9. The van der Waals surface area contributed by atoms with Crippen LogP contribution in [0.15, 0.2) is 9.85 Å². The van der Waals surface area contributed by atoms with Crippen LogP contribution < -0.4 is 5.32 Å². The average Bonchev–Trinajstić information content (AvgIpc) is 2.75. The monoisotopic (exact) mass is 416 g/mol. The maximum atomic E-state index is 3.68. The van der Waals surface area contributed by atoms with Crippen molar-refractivity contribution in [2.24, 2.45) is 0 Å². The Balaban J connectivity index is 0.00000200. The summed E-state index contributed by atoms with van der Waals surface area (Å²) in [6, 6.07) is 3.01. The van der Waals surface area contributed by atoms with Gasteiger partial charge in [-0.1, -0.05) is 26.2 Å². The minimum atomic E-state index is 0. The lowest BCUT2D eigenvalue weighted by atomic mass is 10.0. The summed E-state index contributed by atoms with van der Waals surface area (Å²) in [6.45, 7) is 9.12. The van der Waals surface area contributed by atoms with Gasteiger partial charge in [0, 0.05) is 37.1 Å². The molecule has 21 heavy (non-hydrogen) atoms. The van der Waals surface area contributed by atoms with E-state index in [4.69, 9.17) is 0 Å². The Morgan fingerprint density at radius 3 is 2.48 bits per heavy atom. The predicted molar refractivity (Wildman–Crippen MR) is 103 cm³/mol. The lowest BCUT2D eigenvalue weighted by Crippen LogP contribution is -2.45. The number of unbranched alkanes of at least 4 members (excludes halogenated alkanes) is 2. The van der Waals surface area contributed by atoms with E-state index in [-0.39, 0.29) is 24.8 Å². The van der Waals surface area contributed by atoms with Crippen molar-refractivity contribution < 1.29 is 0 Å². The van der Waals surface area contributed by atoms with E-state index in [2.05, 4.69) is 46.1 Å². The largest absolute Gasteiger partial charge is 0.314 e. The number of hydrogen-bond donors (Lipinski definition) is 1. The summed E-state index contributed by atoms with van der Waals surface area (Å²) in [4.78, 5) is 4.21. The molecule has 1 saturated heterocycles. The van der Waals surface area contributed by atoms with E-state index in [0.29, 0.717) is 6.04 Å². The fourth-order valence-electron chi connectivity index (χ4n) is 2.73. The molecule has 1 N–H and O–H groups in total. The molecule has 0 aliphatic carbocycles. The zero-order valence-electron chi connectivity index (χ0n) is 12.9. The molecule has 1 atom stereocenters. The van der Waals surface area contributed by atoms with Gasteiger partial charge in [-0.05, 0) is 40.9 Å². The maximum absolute atomic E-state index is 3.68. The fourth-order valence-corrected chi connectivity index (χ4v) is 4.47. The van der Waals surface area contributed by atoms with Crippen LogP contribution in [-0.2, 0) is 0 Å². The van der Waals surface area contributed by atoms with Crippen LogP contribution in [0.4, 0.5) is 0 Å². The van der Waals surface area contributed by atoms with E-state index in [1.54, 1.807) is 4.88 Å². The van der Waals surface area contributed by atoms with Crippen molar-refractivity contribution in [3.8, 4) is 0 Å². The van der Waals surface area contributed by atoms with Gasteiger partial charge in [-0.3, -0.25) is 4.90 Å². The SMILES string of the molecule is CCCCC[C@H](c1cc(C)c(Br)s1)N1CCNCC1.Cl.Cl. The smallest absolute Gasteiger partial charge is 0.0731 e. The van der Waals surface area contributed by atoms with Gasteiger partial charge < -0.3 is 5.32 Å². The van der Waals surface area contributed by atoms with Crippen molar-refractivity contribution in [2.75, 3.05) is 26.2 Å². The van der Waals surface area contributed by atoms with Crippen molar-refractivity contribution in [3.05, 3.63) is 20.3 Å². The van der Waals surface area contributed by atoms with Gasteiger partial charge in [0.2, 0.25) is 0 Å². The lowest BCUT2D eigenvalue weighted by molar-refractivity contribution is 0.165. The maximum Gasteiger partial charge on any atom is 0.0731 e. The molecule has 0 bridgehead atoms. The number of aryl methyl sites for hydroxylation is 1. The first kappa shape index (κ1) is 21.7. The molecule has 1 aliphatic heterocycles. The molecule has 124 valence electrons. The molecular weight excluding hydrogens is 391 g/mol. The van der Waals surface area contributed by atoms with Crippen LogP contribution in [0.5, 0.6) is 0 Å². The Morgan fingerprint density at radius 1 is 1.29 bits per heavy atom. The van der Waals surface area contributed by atoms with E-state index in [0.717, 1.165) is 13.1 Å². The number of nitrogens with zero attached hydrogens (tertiary/aromatic N) is 1. The van der Waals surface area contributed by atoms with Crippen molar-refractivity contribution in [2.45, 2.75) is 45.6 Å². The first-order chi connectivity index (χ1) is 9.22. The van der Waals surface area contributed by atoms with Crippen molar-refractivity contribution in [3.63, 3.8) is 0 Å². The molecule has 1 fully saturated rings. The third-order valence-corrected chi connectivity index (χ3v) is 6.12. The molecule has 1 aromatic heterocycles. The first-order valence-electron chi connectivity index (χ1n) is 7.43. The summed E-state index contributed by atoms with van der Waals surface area (Å²) in [5, 5.41) is 3.46. The predicted octanol–water partition coefficient (Wildman–Crippen LogP) is 5.19. The van der Waals surface area contributed by atoms with Crippen molar-refractivity contribution in [1.82, 2.24) is 10.2 Å². The van der Waals surface area contributed by atoms with Gasteiger partial charge in [-0.25, -0.2) is 0 Å². The van der Waals surface area contributed by atoms with E-state index in [9.17, 15) is 0 Å². The number of hydrogen-bond acceptors (Lipinski definition) is 3. The van der Waals surface area contributed by atoms with E-state index in [1.807, 2.05) is 11.3 Å². The van der Waals surface area contributed by atoms with Gasteiger partial charge in [0.15, 0.2) is 0 Å². The molecular formula is C15H27BrCl2N2S. The molecule has 2 nitrogen and oxygen atoms in total. The number of nitrogens with one attached hydrogen (secondary N) is 1. The van der Waals surface area contributed by atoms with Crippen LogP contribution in [0.3, 0.4) is 0 Å². The van der Waals surface area contributed by atoms with Gasteiger partial charge in [0.1, 0.15) is 0 Å². The number of halogens is 3. The van der Waals surface area contributed by atoms with Crippen LogP contribution in [0.2, 0.25) is 0 Å². The van der Waals surface area contributed by atoms with Crippen LogP contribution in [0.1, 0.15) is 49.1 Å². The molecule has 0 unspecified atom stereocenters. The Morgan fingerprint density at radius 2 is 1.95 bits per heavy atom. The summed E-state index contributed by atoms with van der Waals surface area (Å²) in [5.41, 5.74) is 1.38. The van der Waals surface area contributed by atoms with E-state index >= 15 is 0 Å². The molecule has 2 rings (SSSR count). The summed E-state index contributed by atoms with van der Waals surface area (Å²) < 4.78 is 1.30. The number of rotatable bonds is 6. The Kier molecular flexibility index (Phi) is 11.6. The van der Waals surface area contributed by atoms with Gasteiger partial charge >= 0.3 is 0 Å². The van der Waals surface area contributed by atoms with Crippen LogP contribution in [0.25, 0.3) is 0 Å². The third kappa shape index (κ3) is 6.36. The van der Waals surface area contributed by atoms with Gasteiger partial charge in [-0.2, -0.15) is 0 Å². The van der Waals surface area contributed by atoms with Crippen LogP contribution in [-0.4, -0.2) is 31.1 Å². The molecule has 0 saturated carbocycles. The minimum absolute atomic E-state index is 0. The molecule has 6 heteroatoms. The molecule has 1 aromatic rings. The van der Waals surface area contributed by atoms with Crippen LogP contribution in [0, 0.1) is 6.92 Å². The molecule has 2 heterocycles. The summed E-state index contributed by atoms with van der Waals surface area (Å²) in [6.07, 6.45) is 5.31. The quantitative estimate of drug-likeness (QED) is 0.640. The zero-order chi connectivity index (χ0) is 13.7. The first-order valence-corrected chi connectivity index (χ1v) is 9.04. The Bertz CT molecular complexity index is 376. The van der Waals surface area contributed by atoms with Crippen molar-refractivity contribution in [1.29, 1.82) is 0 Å². The van der Waals surface area contributed by atoms with Crippen LogP contribution >= 0.6 is 52.1 Å². The zero-order valence-corrected chi connectivity index (χ0v) is 16.9. The Labute approximate surface area is 154 Å². The van der Waals surface area contributed by atoms with E-state index < -0.39 is 0 Å². The highest BCUT2D eigenvalue weighted by molar-refractivity contribution is 9.11. The second-order valence-corrected chi connectivity index (χ2v) is 7.80. The number of thiophene rings is 1. The minimum Gasteiger partial charge on any atom is -0.314 e. The van der Waals surface area contributed by atoms with Gasteiger partial charge in [-0.15, -0.1) is 36.2 Å². The number of piperazine rings is 1. The second kappa shape index (κ2) is 11.3. The van der Waals surface area contributed by atoms with E-state index in [1.165, 1.54) is 48.1 Å². The molecule has 0 amide bonds. The standard InChI is InChI=1S/C15H25BrN2S.2ClH/c1-3-4-5-6-13(18-9-7-17-8-10-18)14-11-12(2)15(16)19-14;;/h11,13,17H,3-10H2,1-2H3;2*1H/t13-;;/m1../s1. The molecule has 0 radical (unpaired) electrons. The topological polar surface area (TPSA) is 15.3 Å². The Hall–Kier alpha value is 0.680. The summed E-state index contributed by atoms with van der Waals surface area (Å²) in [7, 11) is 0. The highest BCUT2D eigenvalue weighted by Crippen LogP contribution is 2.36. The summed E-state index contributed by atoms with van der Waals surface area (Å²) >= 11 is 5.61. The van der Waals surface area contributed by atoms with Gasteiger partial charge in [0.05, 0.1) is 3.79 Å². The molecule has 0 spiro atoms. The van der Waals surface area contributed by atoms with Crippen molar-refractivity contribution >= 4 is 52.1 Å². The highest BCUT2D eigenvalue weighted by atomic mass is 79.9. The highest BCUT2D eigenvalue weighted by Gasteiger charge is 2.23. The van der Waals surface area contributed by atoms with Gasteiger partial charge in [0.25, 0.3) is 0 Å². The molecule has 1 aliphatic rings. The second-order valence-electron chi connectivity index (χ2n) is 5.40. The lowest BCUT2D eigenvalue weighted by Gasteiger charge is -2.34. The average molecular weight is 418 g/mol. The third-order valence-electron chi connectivity index (χ3n) is 3.88.